The molecular weight excluding hydrogens is 258 g/mol. The van der Waals surface area contributed by atoms with Crippen LogP contribution in [0.3, 0.4) is 0 Å². The normalized spacial score (nSPS) is 19.4. The highest BCUT2D eigenvalue weighted by Gasteiger charge is 2.36. The lowest BCUT2D eigenvalue weighted by Crippen LogP contribution is -2.47. The van der Waals surface area contributed by atoms with Crippen LogP contribution in [0.1, 0.15) is 44.3 Å². The maximum Gasteiger partial charge on any atom is 0.0945 e. The summed E-state index contributed by atoms with van der Waals surface area (Å²) in [4.78, 5) is 4.73. The van der Waals surface area contributed by atoms with Crippen molar-refractivity contribution < 1.29 is 4.74 Å². The summed E-state index contributed by atoms with van der Waals surface area (Å²) >= 11 is 1.72. The van der Waals surface area contributed by atoms with Crippen LogP contribution < -0.4 is 11.3 Å². The van der Waals surface area contributed by atoms with Gasteiger partial charge in [-0.05, 0) is 18.8 Å². The molecule has 1 aliphatic rings. The average molecular weight is 283 g/mol. The molecule has 5 heteroatoms. The Hall–Kier alpha value is -0.490. The molecule has 1 fully saturated rings. The third kappa shape index (κ3) is 3.75. The van der Waals surface area contributed by atoms with E-state index < -0.39 is 0 Å². The molecule has 1 aliphatic carbocycles. The first kappa shape index (κ1) is 14.9. The molecule has 1 heterocycles. The monoisotopic (exact) mass is 283 g/mol. The first-order valence-electron chi connectivity index (χ1n) is 6.89. The van der Waals surface area contributed by atoms with Crippen molar-refractivity contribution in [2.24, 2.45) is 11.8 Å². The minimum Gasteiger partial charge on any atom is -0.379 e. The van der Waals surface area contributed by atoms with Gasteiger partial charge in [0.25, 0.3) is 0 Å². The fourth-order valence-electron chi connectivity index (χ4n) is 2.32. The van der Waals surface area contributed by atoms with Crippen LogP contribution in [-0.2, 0) is 16.6 Å². The van der Waals surface area contributed by atoms with E-state index in [0.29, 0.717) is 5.92 Å². The Morgan fingerprint density at radius 1 is 1.53 bits per heavy atom. The van der Waals surface area contributed by atoms with Gasteiger partial charge in [0.1, 0.15) is 0 Å². The summed E-state index contributed by atoms with van der Waals surface area (Å²) in [5.74, 6) is 6.36. The Bertz CT molecular complexity index is 409. The molecule has 19 heavy (non-hydrogen) atoms. The van der Waals surface area contributed by atoms with Crippen molar-refractivity contribution in [2.75, 3.05) is 7.11 Å². The lowest BCUT2D eigenvalue weighted by molar-refractivity contribution is 0.0511. The van der Waals surface area contributed by atoms with Gasteiger partial charge in [-0.15, -0.1) is 11.3 Å². The molecule has 1 aromatic heterocycles. The molecular formula is C14H25N3OS. The van der Waals surface area contributed by atoms with Crippen molar-refractivity contribution >= 4 is 11.3 Å². The Labute approximate surface area is 119 Å². The minimum absolute atomic E-state index is 0.109. The number of nitrogens with two attached hydrogens (primary N) is 1. The molecule has 2 rings (SSSR count). The van der Waals surface area contributed by atoms with E-state index in [1.54, 1.807) is 18.4 Å². The van der Waals surface area contributed by atoms with E-state index in [2.05, 4.69) is 31.6 Å². The van der Waals surface area contributed by atoms with Crippen molar-refractivity contribution in [3.8, 4) is 0 Å². The number of hydrogen-bond acceptors (Lipinski definition) is 5. The van der Waals surface area contributed by atoms with E-state index in [4.69, 9.17) is 15.6 Å². The van der Waals surface area contributed by atoms with Crippen molar-refractivity contribution in [3.63, 3.8) is 0 Å². The summed E-state index contributed by atoms with van der Waals surface area (Å²) in [5, 5.41) is 3.29. The summed E-state index contributed by atoms with van der Waals surface area (Å²) in [7, 11) is 1.77. The fraction of sp³-hybridized carbons (Fsp3) is 0.786. The van der Waals surface area contributed by atoms with Gasteiger partial charge in [0.2, 0.25) is 0 Å². The van der Waals surface area contributed by atoms with E-state index >= 15 is 0 Å². The van der Waals surface area contributed by atoms with Crippen molar-refractivity contribution in [3.05, 3.63) is 16.1 Å². The van der Waals surface area contributed by atoms with E-state index in [0.717, 1.165) is 17.1 Å². The Morgan fingerprint density at radius 2 is 2.21 bits per heavy atom. The summed E-state index contributed by atoms with van der Waals surface area (Å²) in [6.07, 6.45) is 3.54. The van der Waals surface area contributed by atoms with Crippen LogP contribution in [0.5, 0.6) is 0 Å². The lowest BCUT2D eigenvalue weighted by Gasteiger charge is -2.24. The minimum atomic E-state index is 0.109. The first-order valence-corrected chi connectivity index (χ1v) is 7.77. The smallest absolute Gasteiger partial charge is 0.0945 e. The van der Waals surface area contributed by atoms with Gasteiger partial charge in [-0.1, -0.05) is 20.8 Å². The highest BCUT2D eigenvalue weighted by Crippen LogP contribution is 2.36. The topological polar surface area (TPSA) is 60.2 Å². The standard InChI is InChI=1S/C14H25N3OS/c1-14(2,3)11-8-19-12(16-11)7-10(17-15)13(18-4)9-5-6-9/h8-10,13,17H,5-7,15H2,1-4H3. The number of aromatic nitrogens is 1. The summed E-state index contributed by atoms with van der Waals surface area (Å²) < 4.78 is 5.61. The molecule has 2 atom stereocenters. The van der Waals surface area contributed by atoms with E-state index in [1.165, 1.54) is 12.8 Å². The average Bonchev–Trinajstić information content (AvgIpc) is 3.05. The number of hydrazine groups is 1. The molecule has 1 aromatic rings. The Kier molecular flexibility index (Phi) is 4.61. The fourth-order valence-corrected chi connectivity index (χ4v) is 3.40. The molecule has 0 spiro atoms. The van der Waals surface area contributed by atoms with Crippen molar-refractivity contribution in [1.29, 1.82) is 0 Å². The Balaban J connectivity index is 2.03. The summed E-state index contributed by atoms with van der Waals surface area (Å²) in [6, 6.07) is 0.150. The number of nitrogens with one attached hydrogen (secondary N) is 1. The zero-order chi connectivity index (χ0) is 14.0. The molecule has 0 amide bonds. The number of ether oxygens (including phenoxy) is 1. The second kappa shape index (κ2) is 5.87. The molecule has 108 valence electrons. The van der Waals surface area contributed by atoms with Gasteiger partial charge in [-0.3, -0.25) is 11.3 Å². The largest absolute Gasteiger partial charge is 0.379 e. The first-order chi connectivity index (χ1) is 8.95. The molecule has 2 unspecified atom stereocenters. The summed E-state index contributed by atoms with van der Waals surface area (Å²) in [5.41, 5.74) is 4.18. The number of methoxy groups -OCH3 is 1. The predicted molar refractivity (Wildman–Crippen MR) is 79.2 cm³/mol. The number of thiazole rings is 1. The molecule has 0 saturated heterocycles. The third-order valence-electron chi connectivity index (χ3n) is 3.68. The zero-order valence-electron chi connectivity index (χ0n) is 12.3. The second-order valence-electron chi connectivity index (χ2n) is 6.39. The van der Waals surface area contributed by atoms with Crippen molar-refractivity contribution in [1.82, 2.24) is 10.4 Å². The van der Waals surface area contributed by atoms with E-state index in [9.17, 15) is 0 Å². The highest BCUT2D eigenvalue weighted by molar-refractivity contribution is 7.09. The lowest BCUT2D eigenvalue weighted by atomic mass is 9.93. The quantitative estimate of drug-likeness (QED) is 0.621. The molecule has 4 nitrogen and oxygen atoms in total. The molecule has 0 radical (unpaired) electrons. The highest BCUT2D eigenvalue weighted by atomic mass is 32.1. The molecule has 0 aliphatic heterocycles. The maximum atomic E-state index is 5.70. The second-order valence-corrected chi connectivity index (χ2v) is 7.33. The van der Waals surface area contributed by atoms with Crippen molar-refractivity contribution in [2.45, 2.75) is 57.6 Å². The van der Waals surface area contributed by atoms with Crippen LogP contribution in [0.15, 0.2) is 5.38 Å². The number of rotatable bonds is 6. The van der Waals surface area contributed by atoms with Crippen LogP contribution in [0.4, 0.5) is 0 Å². The van der Waals surface area contributed by atoms with Crippen LogP contribution >= 0.6 is 11.3 Å². The number of hydrogen-bond donors (Lipinski definition) is 2. The summed E-state index contributed by atoms with van der Waals surface area (Å²) in [6.45, 7) is 6.56. The van der Waals surface area contributed by atoms with Gasteiger partial charge in [0, 0.05) is 24.3 Å². The molecule has 3 N–H and O–H groups in total. The number of nitrogens with zero attached hydrogens (tertiary/aromatic N) is 1. The van der Waals surface area contributed by atoms with Gasteiger partial charge >= 0.3 is 0 Å². The predicted octanol–water partition coefficient (Wildman–Crippen LogP) is 2.24. The van der Waals surface area contributed by atoms with Crippen LogP contribution in [0.25, 0.3) is 0 Å². The molecule has 0 bridgehead atoms. The molecule has 1 saturated carbocycles. The maximum absolute atomic E-state index is 5.70. The SMILES string of the molecule is COC(C1CC1)C(Cc1nc(C(C)(C)C)cs1)NN. The van der Waals surface area contributed by atoms with Crippen LogP contribution in [0.2, 0.25) is 0 Å². The third-order valence-corrected chi connectivity index (χ3v) is 4.56. The van der Waals surface area contributed by atoms with Gasteiger partial charge in [-0.25, -0.2) is 4.98 Å². The zero-order valence-corrected chi connectivity index (χ0v) is 13.1. The van der Waals surface area contributed by atoms with E-state index in [1.807, 2.05) is 0 Å². The van der Waals surface area contributed by atoms with Gasteiger partial charge in [0.05, 0.1) is 22.8 Å². The van der Waals surface area contributed by atoms with Gasteiger partial charge in [-0.2, -0.15) is 0 Å². The van der Waals surface area contributed by atoms with Crippen LogP contribution in [-0.4, -0.2) is 24.2 Å². The van der Waals surface area contributed by atoms with Gasteiger partial charge < -0.3 is 4.74 Å². The Morgan fingerprint density at radius 3 is 2.63 bits per heavy atom. The van der Waals surface area contributed by atoms with E-state index in [-0.39, 0.29) is 17.6 Å². The molecule has 0 aromatic carbocycles. The van der Waals surface area contributed by atoms with Gasteiger partial charge in [0.15, 0.2) is 0 Å². The van der Waals surface area contributed by atoms with Crippen LogP contribution in [0, 0.1) is 5.92 Å².